The summed E-state index contributed by atoms with van der Waals surface area (Å²) in [4.78, 5) is 31.2. The highest BCUT2D eigenvalue weighted by molar-refractivity contribution is 7.98. The van der Waals surface area contributed by atoms with Crippen molar-refractivity contribution < 1.29 is 22.4 Å². The first kappa shape index (κ1) is 33.9. The first-order valence-electron chi connectivity index (χ1n) is 15.4. The van der Waals surface area contributed by atoms with Gasteiger partial charge in [0, 0.05) is 42.4 Å². The molecule has 0 radical (unpaired) electrons. The lowest BCUT2D eigenvalue weighted by Crippen LogP contribution is -2.40. The van der Waals surface area contributed by atoms with Crippen LogP contribution in [0.5, 0.6) is 0 Å². The number of amides is 1. The lowest BCUT2D eigenvalue weighted by molar-refractivity contribution is -0.132. The highest BCUT2D eigenvalue weighted by Gasteiger charge is 2.20. The lowest BCUT2D eigenvalue weighted by Gasteiger charge is -2.28. The number of fused-ring (bicyclic) bond motifs is 1. The highest BCUT2D eigenvalue weighted by atomic mass is 32.2. The monoisotopic (exact) mass is 661 g/mol. The van der Waals surface area contributed by atoms with Crippen molar-refractivity contribution in [2.45, 2.75) is 37.7 Å². The van der Waals surface area contributed by atoms with E-state index in [2.05, 4.69) is 18.7 Å². The molecule has 0 fully saturated rings. The minimum Gasteiger partial charge on any atom is -0.336 e. The molecule has 5 rings (SSSR count). The molecule has 0 saturated heterocycles. The summed E-state index contributed by atoms with van der Waals surface area (Å²) in [6.45, 7) is 7.07. The maximum Gasteiger partial charge on any atom is 0.242 e. The van der Waals surface area contributed by atoms with Gasteiger partial charge in [0.05, 0.1) is 10.5 Å². The van der Waals surface area contributed by atoms with Crippen LogP contribution in [0.3, 0.4) is 0 Å². The largest absolute Gasteiger partial charge is 0.336 e. The Balaban J connectivity index is 1.44. The Hall–Kier alpha value is -4.41. The minimum atomic E-state index is -0.948. The second-order valence-electron chi connectivity index (χ2n) is 11.1. The van der Waals surface area contributed by atoms with Crippen molar-refractivity contribution >= 4 is 28.6 Å². The number of pyridine rings is 1. The first-order valence-corrected chi connectivity index (χ1v) is 16.4. The van der Waals surface area contributed by atoms with Gasteiger partial charge in [0.25, 0.3) is 0 Å². The third kappa shape index (κ3) is 8.12. The van der Waals surface area contributed by atoms with Crippen LogP contribution in [-0.2, 0) is 23.6 Å². The maximum absolute atomic E-state index is 14.5. The van der Waals surface area contributed by atoms with Gasteiger partial charge < -0.3 is 14.4 Å². The number of carbonyl (C=O) groups is 1. The summed E-state index contributed by atoms with van der Waals surface area (Å²) in [6, 6.07) is 23.5. The summed E-state index contributed by atoms with van der Waals surface area (Å²) in [5.74, 6) is -3.85. The number of benzene rings is 4. The average Bonchev–Trinajstić information content (AvgIpc) is 3.08. The van der Waals surface area contributed by atoms with Crippen molar-refractivity contribution in [1.82, 2.24) is 14.4 Å². The van der Waals surface area contributed by atoms with Crippen molar-refractivity contribution in [1.29, 1.82) is 0 Å². The van der Waals surface area contributed by atoms with E-state index in [0.29, 0.717) is 46.7 Å². The number of hydrogen-bond donors (Lipinski definition) is 0. The van der Waals surface area contributed by atoms with E-state index in [9.17, 15) is 27.2 Å². The number of para-hydroxylation sites is 1. The maximum atomic E-state index is 14.5. The number of thioether (sulfide) groups is 1. The van der Waals surface area contributed by atoms with E-state index in [1.807, 2.05) is 24.3 Å². The molecule has 1 heterocycles. The topological polar surface area (TPSA) is 45.5 Å². The number of aromatic nitrogens is 1. The molecule has 0 aliphatic heterocycles. The van der Waals surface area contributed by atoms with E-state index in [1.165, 1.54) is 24.3 Å². The number of halogens is 4. The van der Waals surface area contributed by atoms with E-state index >= 15 is 0 Å². The Morgan fingerprint density at radius 1 is 0.766 bits per heavy atom. The quantitative estimate of drug-likeness (QED) is 0.0952. The third-order valence-corrected chi connectivity index (χ3v) is 9.28. The van der Waals surface area contributed by atoms with Gasteiger partial charge in [0.15, 0.2) is 28.7 Å². The molecular formula is C37H35F4N3O2S. The lowest BCUT2D eigenvalue weighted by atomic mass is 10.0. The normalized spacial score (nSPS) is 11.4. The molecular weight excluding hydrogens is 626 g/mol. The Morgan fingerprint density at radius 2 is 1.49 bits per heavy atom. The molecule has 0 bridgehead atoms. The molecule has 244 valence electrons. The molecule has 10 heteroatoms. The smallest absolute Gasteiger partial charge is 0.242 e. The summed E-state index contributed by atoms with van der Waals surface area (Å²) in [6.07, 6.45) is 0. The minimum absolute atomic E-state index is 0.0611. The van der Waals surface area contributed by atoms with Crippen LogP contribution < -0.4 is 5.43 Å². The van der Waals surface area contributed by atoms with Crippen LogP contribution in [0, 0.1) is 23.3 Å². The molecule has 5 aromatic rings. The van der Waals surface area contributed by atoms with Crippen LogP contribution in [0.25, 0.3) is 22.0 Å². The summed E-state index contributed by atoms with van der Waals surface area (Å²) >= 11 is 1.16. The van der Waals surface area contributed by atoms with Gasteiger partial charge in [-0.25, -0.2) is 17.6 Å². The number of rotatable bonds is 13. The van der Waals surface area contributed by atoms with Crippen LogP contribution in [0.2, 0.25) is 0 Å². The zero-order valence-electron chi connectivity index (χ0n) is 26.2. The SMILES string of the molecule is CCN(CC)CCN(Cc1ccc(-c2ccc(F)c(F)c2)cc1)C(=O)Cn1c(SCc2cccc(F)c2F)cc(=O)c2ccccc21. The zero-order chi connectivity index (χ0) is 33.5. The predicted octanol–water partition coefficient (Wildman–Crippen LogP) is 7.89. The fraction of sp³-hybridized carbons (Fsp3) is 0.243. The number of likely N-dealkylation sites (N-methyl/N-ethyl adjacent to an activating group) is 1. The van der Waals surface area contributed by atoms with E-state index in [-0.39, 0.29) is 29.2 Å². The van der Waals surface area contributed by atoms with E-state index in [0.717, 1.165) is 48.6 Å². The summed E-state index contributed by atoms with van der Waals surface area (Å²) in [5.41, 5.74) is 2.59. The van der Waals surface area contributed by atoms with E-state index in [4.69, 9.17) is 0 Å². The summed E-state index contributed by atoms with van der Waals surface area (Å²) < 4.78 is 57.4. The van der Waals surface area contributed by atoms with Crippen LogP contribution in [0.4, 0.5) is 17.6 Å². The Labute approximate surface area is 275 Å². The van der Waals surface area contributed by atoms with Gasteiger partial charge in [-0.05, 0) is 60.1 Å². The Bertz CT molecular complexity index is 1930. The van der Waals surface area contributed by atoms with Crippen LogP contribution in [0.15, 0.2) is 101 Å². The fourth-order valence-corrected chi connectivity index (χ4v) is 6.46. The third-order valence-electron chi connectivity index (χ3n) is 8.19. The molecule has 0 aliphatic rings. The van der Waals surface area contributed by atoms with Gasteiger partial charge in [0.1, 0.15) is 6.54 Å². The van der Waals surface area contributed by atoms with E-state index in [1.54, 1.807) is 33.7 Å². The number of nitrogens with zero attached hydrogens (tertiary/aromatic N) is 3. The molecule has 0 spiro atoms. The standard InChI is InChI=1S/C37H35F4N3O2S/c1-3-42(4-2)18-19-43(22-25-12-14-26(15-13-25)27-16-17-30(38)32(40)20-27)35(46)23-44-33-11-6-5-9-29(33)34(45)21-36(44)47-24-28-8-7-10-31(39)37(28)41/h5-17,20-21H,3-4,18-19,22-24H2,1-2H3. The predicted molar refractivity (Wildman–Crippen MR) is 179 cm³/mol. The molecule has 0 atom stereocenters. The molecule has 0 unspecified atom stereocenters. The van der Waals surface area contributed by atoms with Gasteiger partial charge in [-0.2, -0.15) is 0 Å². The van der Waals surface area contributed by atoms with Gasteiger partial charge in [-0.15, -0.1) is 11.8 Å². The molecule has 1 aromatic heterocycles. The number of hydrogen-bond acceptors (Lipinski definition) is 4. The molecule has 5 nitrogen and oxygen atoms in total. The van der Waals surface area contributed by atoms with Crippen LogP contribution in [-0.4, -0.2) is 46.5 Å². The van der Waals surface area contributed by atoms with Crippen molar-refractivity contribution in [3.8, 4) is 11.1 Å². The van der Waals surface area contributed by atoms with Gasteiger partial charge in [-0.1, -0.05) is 68.4 Å². The van der Waals surface area contributed by atoms with Crippen molar-refractivity contribution in [3.05, 3.63) is 136 Å². The zero-order valence-corrected chi connectivity index (χ0v) is 27.0. The van der Waals surface area contributed by atoms with Gasteiger partial charge in [-0.3, -0.25) is 9.59 Å². The van der Waals surface area contributed by atoms with Crippen molar-refractivity contribution in [2.24, 2.45) is 0 Å². The second-order valence-corrected chi connectivity index (χ2v) is 12.1. The van der Waals surface area contributed by atoms with Crippen molar-refractivity contribution in [3.63, 3.8) is 0 Å². The average molecular weight is 662 g/mol. The van der Waals surface area contributed by atoms with Crippen molar-refractivity contribution in [2.75, 3.05) is 26.2 Å². The Kier molecular flexibility index (Phi) is 11.2. The molecule has 4 aromatic carbocycles. The Morgan fingerprint density at radius 3 is 2.21 bits per heavy atom. The van der Waals surface area contributed by atoms with Gasteiger partial charge >= 0.3 is 0 Å². The molecule has 0 aliphatic carbocycles. The highest BCUT2D eigenvalue weighted by Crippen LogP contribution is 2.28. The van der Waals surface area contributed by atoms with Crippen LogP contribution >= 0.6 is 11.8 Å². The summed E-state index contributed by atoms with van der Waals surface area (Å²) in [5, 5.41) is 0.911. The van der Waals surface area contributed by atoms with E-state index < -0.39 is 23.3 Å². The molecule has 47 heavy (non-hydrogen) atoms. The summed E-state index contributed by atoms with van der Waals surface area (Å²) in [7, 11) is 0. The van der Waals surface area contributed by atoms with Gasteiger partial charge in [0.2, 0.25) is 5.91 Å². The molecule has 1 amide bonds. The second kappa shape index (κ2) is 15.5. The first-order chi connectivity index (χ1) is 22.7. The molecule has 0 N–H and O–H groups in total. The number of carbonyl (C=O) groups excluding carboxylic acids is 1. The molecule has 0 saturated carbocycles. The fourth-order valence-electron chi connectivity index (χ4n) is 5.43. The van der Waals surface area contributed by atoms with Crippen LogP contribution in [0.1, 0.15) is 25.0 Å².